The third kappa shape index (κ3) is 3.30. The summed E-state index contributed by atoms with van der Waals surface area (Å²) >= 11 is 0. The fourth-order valence-electron chi connectivity index (χ4n) is 2.05. The average molecular weight is 320 g/mol. The molecule has 110 valence electrons. The first-order chi connectivity index (χ1) is 9.34. The molecule has 2 rings (SSSR count). The zero-order chi connectivity index (χ0) is 14.9. The number of halogens is 2. The molecule has 0 unspecified atom stereocenters. The lowest BCUT2D eigenvalue weighted by atomic mass is 10.1. The van der Waals surface area contributed by atoms with Gasteiger partial charge in [-0.3, -0.25) is 4.79 Å². The number of rotatable bonds is 5. The summed E-state index contributed by atoms with van der Waals surface area (Å²) in [5.74, 6) is -1.21. The van der Waals surface area contributed by atoms with Crippen molar-refractivity contribution in [1.29, 1.82) is 0 Å². The van der Waals surface area contributed by atoms with Gasteiger partial charge in [-0.15, -0.1) is 0 Å². The van der Waals surface area contributed by atoms with Crippen molar-refractivity contribution in [2.45, 2.75) is 37.1 Å². The molecule has 4 nitrogen and oxygen atoms in total. The van der Waals surface area contributed by atoms with E-state index in [0.717, 1.165) is 37.5 Å². The third-order valence-electron chi connectivity index (χ3n) is 3.16. The highest BCUT2D eigenvalue weighted by Crippen LogP contribution is 2.29. The minimum Gasteiger partial charge on any atom is -0.336 e. The molecule has 1 saturated carbocycles. The maximum Gasteiger partial charge on any atom is 0.261 e. The summed E-state index contributed by atoms with van der Waals surface area (Å²) in [6, 6.07) is 3.15. The molecule has 0 N–H and O–H groups in total. The van der Waals surface area contributed by atoms with Crippen LogP contribution in [0.5, 0.6) is 0 Å². The zero-order valence-corrected chi connectivity index (χ0v) is 12.5. The van der Waals surface area contributed by atoms with Gasteiger partial charge in [0.25, 0.3) is 15.0 Å². The molecule has 20 heavy (non-hydrogen) atoms. The summed E-state index contributed by atoms with van der Waals surface area (Å²) in [7, 11) is 1.24. The molecule has 0 bridgehead atoms. The number of carbonyl (C=O) groups excluding carboxylic acids is 1. The molecule has 0 radical (unpaired) electrons. The van der Waals surface area contributed by atoms with Gasteiger partial charge in [-0.1, -0.05) is 6.92 Å². The molecule has 7 heteroatoms. The van der Waals surface area contributed by atoms with Gasteiger partial charge in [0.2, 0.25) is 0 Å². The fourth-order valence-corrected chi connectivity index (χ4v) is 2.83. The molecule has 0 saturated heterocycles. The van der Waals surface area contributed by atoms with Gasteiger partial charge in [0.05, 0.1) is 10.5 Å². The maximum absolute atomic E-state index is 13.8. The number of amides is 1. The lowest BCUT2D eigenvalue weighted by Crippen LogP contribution is -2.34. The molecule has 0 aromatic heterocycles. The van der Waals surface area contributed by atoms with Gasteiger partial charge >= 0.3 is 0 Å². The Kier molecular flexibility index (Phi) is 4.34. The Morgan fingerprint density at radius 3 is 2.60 bits per heavy atom. The molecular weight excluding hydrogens is 305 g/mol. The van der Waals surface area contributed by atoms with Crippen LogP contribution in [0.15, 0.2) is 23.1 Å². The minimum atomic E-state index is -3.98. The molecule has 1 aliphatic carbocycles. The second kappa shape index (κ2) is 5.69. The van der Waals surface area contributed by atoms with Crippen LogP contribution in [0.4, 0.5) is 4.39 Å². The quantitative estimate of drug-likeness (QED) is 0.784. The average Bonchev–Trinajstić information content (AvgIpc) is 3.18. The van der Waals surface area contributed by atoms with E-state index in [-0.39, 0.29) is 16.5 Å². The molecule has 1 amide bonds. The van der Waals surface area contributed by atoms with Gasteiger partial charge in [-0.25, -0.2) is 12.8 Å². The van der Waals surface area contributed by atoms with Crippen LogP contribution < -0.4 is 0 Å². The molecule has 0 heterocycles. The van der Waals surface area contributed by atoms with Crippen molar-refractivity contribution in [3.63, 3.8) is 0 Å². The molecule has 1 fully saturated rings. The van der Waals surface area contributed by atoms with Crippen LogP contribution in [0.2, 0.25) is 0 Å². The molecule has 0 atom stereocenters. The second-order valence-corrected chi connectivity index (χ2v) is 7.38. The standard InChI is InChI=1S/C13H15ClFNO3S/c1-2-7-16(9-3-4-9)13(17)11-8-10(20(14,18)19)5-6-12(11)15/h5-6,8-9H,2-4,7H2,1H3. The van der Waals surface area contributed by atoms with Crippen molar-refractivity contribution in [2.24, 2.45) is 0 Å². The predicted molar refractivity (Wildman–Crippen MR) is 73.8 cm³/mol. The van der Waals surface area contributed by atoms with Crippen LogP contribution in [0.3, 0.4) is 0 Å². The highest BCUT2D eigenvalue weighted by Gasteiger charge is 2.33. The second-order valence-electron chi connectivity index (χ2n) is 4.81. The Labute approximate surface area is 121 Å². The Morgan fingerprint density at radius 1 is 1.45 bits per heavy atom. The van der Waals surface area contributed by atoms with E-state index in [9.17, 15) is 17.6 Å². The lowest BCUT2D eigenvalue weighted by Gasteiger charge is -2.22. The Bertz CT molecular complexity index is 629. The molecule has 0 aliphatic heterocycles. The van der Waals surface area contributed by atoms with Crippen molar-refractivity contribution >= 4 is 25.6 Å². The smallest absolute Gasteiger partial charge is 0.261 e. The first-order valence-corrected chi connectivity index (χ1v) is 8.70. The summed E-state index contributed by atoms with van der Waals surface area (Å²) in [5, 5.41) is 0. The maximum atomic E-state index is 13.8. The van der Waals surface area contributed by atoms with Crippen molar-refractivity contribution in [3.8, 4) is 0 Å². The number of hydrogen-bond donors (Lipinski definition) is 0. The highest BCUT2D eigenvalue weighted by atomic mass is 35.7. The van der Waals surface area contributed by atoms with E-state index in [2.05, 4.69) is 0 Å². The van der Waals surface area contributed by atoms with Crippen LogP contribution in [0.1, 0.15) is 36.5 Å². The normalized spacial score (nSPS) is 15.2. The largest absolute Gasteiger partial charge is 0.336 e. The summed E-state index contributed by atoms with van der Waals surface area (Å²) in [4.78, 5) is 13.7. The number of hydrogen-bond acceptors (Lipinski definition) is 3. The SMILES string of the molecule is CCCN(C(=O)c1cc(S(=O)(=O)Cl)ccc1F)C1CC1. The van der Waals surface area contributed by atoms with E-state index in [1.54, 1.807) is 4.90 Å². The summed E-state index contributed by atoms with van der Waals surface area (Å²) in [5.41, 5.74) is -0.243. The van der Waals surface area contributed by atoms with Gasteiger partial charge < -0.3 is 4.90 Å². The van der Waals surface area contributed by atoms with Crippen molar-refractivity contribution in [2.75, 3.05) is 6.54 Å². The van der Waals surface area contributed by atoms with E-state index in [1.807, 2.05) is 6.92 Å². The first-order valence-electron chi connectivity index (χ1n) is 6.39. The summed E-state index contributed by atoms with van der Waals surface area (Å²) in [6.45, 7) is 2.46. The van der Waals surface area contributed by atoms with E-state index in [1.165, 1.54) is 0 Å². The van der Waals surface area contributed by atoms with Crippen molar-refractivity contribution < 1.29 is 17.6 Å². The topological polar surface area (TPSA) is 54.5 Å². The van der Waals surface area contributed by atoms with Gasteiger partial charge in [-0.05, 0) is 37.5 Å². The molecule has 1 aromatic carbocycles. The van der Waals surface area contributed by atoms with Crippen LogP contribution in [0.25, 0.3) is 0 Å². The van der Waals surface area contributed by atoms with Crippen molar-refractivity contribution in [3.05, 3.63) is 29.6 Å². The summed E-state index contributed by atoms with van der Waals surface area (Å²) in [6.07, 6.45) is 2.57. The zero-order valence-electron chi connectivity index (χ0n) is 11.0. The Morgan fingerprint density at radius 2 is 2.10 bits per heavy atom. The molecule has 1 aromatic rings. The minimum absolute atomic E-state index is 0.137. The third-order valence-corrected chi connectivity index (χ3v) is 4.51. The van der Waals surface area contributed by atoms with Gasteiger partial charge in [0.15, 0.2) is 0 Å². The molecule has 1 aliphatic rings. The van der Waals surface area contributed by atoms with E-state index >= 15 is 0 Å². The summed E-state index contributed by atoms with van der Waals surface area (Å²) < 4.78 is 36.4. The van der Waals surface area contributed by atoms with Gasteiger partial charge in [0, 0.05) is 23.3 Å². The van der Waals surface area contributed by atoms with Crippen LogP contribution in [0, 0.1) is 5.82 Å². The van der Waals surface area contributed by atoms with Gasteiger partial charge in [0.1, 0.15) is 5.82 Å². The lowest BCUT2D eigenvalue weighted by molar-refractivity contribution is 0.0738. The number of carbonyl (C=O) groups is 1. The van der Waals surface area contributed by atoms with Gasteiger partial charge in [-0.2, -0.15) is 0 Å². The molecular formula is C13H15ClFNO3S. The van der Waals surface area contributed by atoms with Crippen LogP contribution >= 0.6 is 10.7 Å². The van der Waals surface area contributed by atoms with E-state index in [4.69, 9.17) is 10.7 Å². The van der Waals surface area contributed by atoms with Crippen molar-refractivity contribution in [1.82, 2.24) is 4.90 Å². The monoisotopic (exact) mass is 319 g/mol. The number of benzene rings is 1. The Balaban J connectivity index is 2.37. The number of nitrogens with zero attached hydrogens (tertiary/aromatic N) is 1. The van der Waals surface area contributed by atoms with Crippen LogP contribution in [-0.4, -0.2) is 31.8 Å². The highest BCUT2D eigenvalue weighted by molar-refractivity contribution is 8.13. The van der Waals surface area contributed by atoms with Crippen LogP contribution in [-0.2, 0) is 9.05 Å². The Hall–Kier alpha value is -1.14. The first kappa shape index (κ1) is 15.3. The molecule has 0 spiro atoms. The fraction of sp³-hybridized carbons (Fsp3) is 0.462. The van der Waals surface area contributed by atoms with E-state index in [0.29, 0.717) is 6.54 Å². The van der Waals surface area contributed by atoms with E-state index < -0.39 is 20.8 Å². The predicted octanol–water partition coefficient (Wildman–Crippen LogP) is 2.77.